The van der Waals surface area contributed by atoms with Crippen LogP contribution in [0.4, 0.5) is 0 Å². The van der Waals surface area contributed by atoms with Crippen molar-refractivity contribution in [1.82, 2.24) is 0 Å². The fourth-order valence-electron chi connectivity index (χ4n) is 2.10. The van der Waals surface area contributed by atoms with E-state index >= 15 is 0 Å². The molecule has 16 heavy (non-hydrogen) atoms. The molecule has 1 fully saturated rings. The van der Waals surface area contributed by atoms with Crippen LogP contribution in [0.2, 0.25) is 0 Å². The van der Waals surface area contributed by atoms with E-state index in [0.717, 1.165) is 0 Å². The predicted octanol–water partition coefficient (Wildman–Crippen LogP) is 4.66. The fraction of sp³-hybridized carbons (Fsp3) is 0.125. The van der Waals surface area contributed by atoms with Crippen molar-refractivity contribution in [3.8, 4) is 0 Å². The third-order valence-corrected chi connectivity index (χ3v) is 3.11. The van der Waals surface area contributed by atoms with E-state index in [9.17, 15) is 0 Å². The first-order valence-corrected chi connectivity index (χ1v) is 5.72. The van der Waals surface area contributed by atoms with Crippen LogP contribution in [0.5, 0.6) is 0 Å². The molecular weight excluding hydrogens is 192 g/mol. The van der Waals surface area contributed by atoms with Gasteiger partial charge in [-0.15, -0.1) is 0 Å². The number of hydrogen-bond donors (Lipinski definition) is 0. The van der Waals surface area contributed by atoms with Crippen LogP contribution in [-0.2, 0) is 0 Å². The first-order valence-electron chi connectivity index (χ1n) is 5.72. The molecule has 0 spiro atoms. The average molecular weight is 206 g/mol. The molecular formula is C16H14. The van der Waals surface area contributed by atoms with Crippen molar-refractivity contribution in [3.05, 3.63) is 59.7 Å². The van der Waals surface area contributed by atoms with Crippen molar-refractivity contribution >= 4 is 22.9 Å². The summed E-state index contributed by atoms with van der Waals surface area (Å²) in [6, 6.07) is 12.9. The molecule has 3 rings (SSSR count). The SMILES string of the molecule is C=Cc1c(C=C2CC2)ccc2ccccc12. The van der Waals surface area contributed by atoms with Gasteiger partial charge in [0.25, 0.3) is 0 Å². The molecule has 1 saturated carbocycles. The molecule has 2 aromatic carbocycles. The topological polar surface area (TPSA) is 0 Å². The summed E-state index contributed by atoms with van der Waals surface area (Å²) in [5.41, 5.74) is 4.12. The highest BCUT2D eigenvalue weighted by molar-refractivity contribution is 5.94. The monoisotopic (exact) mass is 206 g/mol. The summed E-state index contributed by atoms with van der Waals surface area (Å²) in [6.45, 7) is 3.94. The first-order chi connectivity index (χ1) is 7.88. The number of allylic oxidation sites excluding steroid dienone is 1. The van der Waals surface area contributed by atoms with Crippen LogP contribution in [0.25, 0.3) is 22.9 Å². The minimum Gasteiger partial charge on any atom is -0.0984 e. The van der Waals surface area contributed by atoms with Crippen molar-refractivity contribution in [2.75, 3.05) is 0 Å². The van der Waals surface area contributed by atoms with Gasteiger partial charge >= 0.3 is 0 Å². The summed E-state index contributed by atoms with van der Waals surface area (Å²) in [5, 5.41) is 2.59. The van der Waals surface area contributed by atoms with E-state index in [1.54, 1.807) is 5.57 Å². The highest BCUT2D eigenvalue weighted by Crippen LogP contribution is 2.33. The molecule has 0 N–H and O–H groups in total. The Morgan fingerprint density at radius 1 is 1.00 bits per heavy atom. The molecule has 2 aromatic rings. The van der Waals surface area contributed by atoms with Crippen LogP contribution in [0, 0.1) is 0 Å². The van der Waals surface area contributed by atoms with Crippen LogP contribution < -0.4 is 0 Å². The number of hydrogen-bond acceptors (Lipinski definition) is 0. The van der Waals surface area contributed by atoms with Crippen LogP contribution >= 0.6 is 0 Å². The third-order valence-electron chi connectivity index (χ3n) is 3.11. The highest BCUT2D eigenvalue weighted by atomic mass is 14.2. The summed E-state index contributed by atoms with van der Waals surface area (Å²) in [6.07, 6.45) is 6.81. The van der Waals surface area contributed by atoms with E-state index in [-0.39, 0.29) is 0 Å². The van der Waals surface area contributed by atoms with Crippen molar-refractivity contribution < 1.29 is 0 Å². The fourth-order valence-corrected chi connectivity index (χ4v) is 2.10. The Morgan fingerprint density at radius 2 is 1.81 bits per heavy atom. The maximum atomic E-state index is 3.94. The van der Waals surface area contributed by atoms with Crippen molar-refractivity contribution in [2.24, 2.45) is 0 Å². The minimum absolute atomic E-state index is 1.26. The second-order valence-electron chi connectivity index (χ2n) is 4.30. The van der Waals surface area contributed by atoms with E-state index in [1.165, 1.54) is 34.7 Å². The zero-order valence-electron chi connectivity index (χ0n) is 9.24. The molecule has 0 nitrogen and oxygen atoms in total. The minimum atomic E-state index is 1.26. The standard InChI is InChI=1S/C16H14/c1-2-15-14(11-12-7-8-12)10-9-13-5-3-4-6-16(13)15/h2-6,9-11H,1,7-8H2. The lowest BCUT2D eigenvalue weighted by Crippen LogP contribution is -1.83. The van der Waals surface area contributed by atoms with E-state index in [0.29, 0.717) is 0 Å². The maximum Gasteiger partial charge on any atom is -0.0106 e. The molecule has 1 aliphatic rings. The lowest BCUT2D eigenvalue weighted by Gasteiger charge is -2.06. The van der Waals surface area contributed by atoms with Crippen LogP contribution in [0.1, 0.15) is 24.0 Å². The molecule has 0 amide bonds. The normalized spacial score (nSPS) is 13.9. The van der Waals surface area contributed by atoms with Gasteiger partial charge in [0, 0.05) is 0 Å². The van der Waals surface area contributed by atoms with Crippen LogP contribution in [0.15, 0.2) is 48.6 Å². The van der Waals surface area contributed by atoms with Gasteiger partial charge in [0.1, 0.15) is 0 Å². The van der Waals surface area contributed by atoms with Crippen molar-refractivity contribution in [3.63, 3.8) is 0 Å². The predicted molar refractivity (Wildman–Crippen MR) is 71.3 cm³/mol. The van der Waals surface area contributed by atoms with Gasteiger partial charge in [0.05, 0.1) is 0 Å². The molecule has 0 aliphatic heterocycles. The Bertz CT molecular complexity index is 582. The average Bonchev–Trinajstić information content (AvgIpc) is 3.13. The summed E-state index contributed by atoms with van der Waals surface area (Å²) < 4.78 is 0. The zero-order valence-corrected chi connectivity index (χ0v) is 9.24. The summed E-state index contributed by atoms with van der Waals surface area (Å²) in [7, 11) is 0. The Kier molecular flexibility index (Phi) is 2.14. The molecule has 0 saturated heterocycles. The second-order valence-corrected chi connectivity index (χ2v) is 4.30. The van der Waals surface area contributed by atoms with Gasteiger partial charge < -0.3 is 0 Å². The van der Waals surface area contributed by atoms with E-state index < -0.39 is 0 Å². The summed E-state index contributed by atoms with van der Waals surface area (Å²) in [5.74, 6) is 0. The lowest BCUT2D eigenvalue weighted by molar-refractivity contribution is 1.50. The Labute approximate surface area is 95.9 Å². The van der Waals surface area contributed by atoms with Gasteiger partial charge in [-0.2, -0.15) is 0 Å². The van der Waals surface area contributed by atoms with Gasteiger partial charge in [-0.1, -0.05) is 60.7 Å². The van der Waals surface area contributed by atoms with Gasteiger partial charge in [-0.25, -0.2) is 0 Å². The van der Waals surface area contributed by atoms with Gasteiger partial charge in [-0.3, -0.25) is 0 Å². The highest BCUT2D eigenvalue weighted by Gasteiger charge is 2.12. The molecule has 0 heteroatoms. The molecule has 0 atom stereocenters. The Morgan fingerprint density at radius 3 is 2.56 bits per heavy atom. The summed E-state index contributed by atoms with van der Waals surface area (Å²) in [4.78, 5) is 0. The molecule has 1 aliphatic carbocycles. The first kappa shape index (κ1) is 9.41. The zero-order chi connectivity index (χ0) is 11.0. The smallest absolute Gasteiger partial charge is 0.0106 e. The molecule has 0 heterocycles. The number of fused-ring (bicyclic) bond motifs is 1. The van der Waals surface area contributed by atoms with Crippen LogP contribution in [-0.4, -0.2) is 0 Å². The number of rotatable bonds is 2. The van der Waals surface area contributed by atoms with E-state index in [2.05, 4.69) is 49.1 Å². The number of benzene rings is 2. The third kappa shape index (κ3) is 1.57. The Balaban J connectivity index is 2.29. The lowest BCUT2D eigenvalue weighted by atomic mass is 9.98. The van der Waals surface area contributed by atoms with Gasteiger partial charge in [0.15, 0.2) is 0 Å². The second kappa shape index (κ2) is 3.64. The van der Waals surface area contributed by atoms with Crippen LogP contribution in [0.3, 0.4) is 0 Å². The molecule has 0 radical (unpaired) electrons. The quantitative estimate of drug-likeness (QED) is 0.670. The summed E-state index contributed by atoms with van der Waals surface area (Å²) >= 11 is 0. The van der Waals surface area contributed by atoms with E-state index in [1.807, 2.05) is 6.08 Å². The van der Waals surface area contributed by atoms with Gasteiger partial charge in [0.2, 0.25) is 0 Å². The van der Waals surface area contributed by atoms with Crippen molar-refractivity contribution in [2.45, 2.75) is 12.8 Å². The van der Waals surface area contributed by atoms with E-state index in [4.69, 9.17) is 0 Å². The molecule has 78 valence electrons. The van der Waals surface area contributed by atoms with Gasteiger partial charge in [-0.05, 0) is 34.7 Å². The Hall–Kier alpha value is -1.82. The maximum absolute atomic E-state index is 3.94. The molecule has 0 bridgehead atoms. The molecule has 0 unspecified atom stereocenters. The van der Waals surface area contributed by atoms with Crippen molar-refractivity contribution in [1.29, 1.82) is 0 Å². The molecule has 0 aromatic heterocycles. The largest absolute Gasteiger partial charge is 0.0984 e.